The van der Waals surface area contributed by atoms with Gasteiger partial charge in [-0.15, -0.1) is 0 Å². The number of rotatable bonds is 4. The Bertz CT molecular complexity index is 779. The van der Waals surface area contributed by atoms with Crippen LogP contribution in [0, 0.1) is 17.8 Å². The fourth-order valence-corrected chi connectivity index (χ4v) is 4.78. The summed E-state index contributed by atoms with van der Waals surface area (Å²) in [7, 11) is 0. The van der Waals surface area contributed by atoms with Crippen LogP contribution >= 0.6 is 0 Å². The Hall–Kier alpha value is -2.57. The predicted octanol–water partition coefficient (Wildman–Crippen LogP) is 1.62. The second-order valence-electron chi connectivity index (χ2n) is 7.55. The summed E-state index contributed by atoms with van der Waals surface area (Å²) < 4.78 is 11.1. The van der Waals surface area contributed by atoms with Crippen molar-refractivity contribution in [2.24, 2.45) is 17.8 Å². The number of para-hydroxylation sites is 1. The molecular weight excluding hydrogens is 348 g/mol. The number of benzene rings is 1. The summed E-state index contributed by atoms with van der Waals surface area (Å²) in [5.74, 6) is -0.0369. The molecule has 2 amide bonds. The van der Waals surface area contributed by atoms with E-state index in [2.05, 4.69) is 10.6 Å². The molecule has 1 heterocycles. The van der Waals surface area contributed by atoms with E-state index in [-0.39, 0.29) is 36.1 Å². The quantitative estimate of drug-likeness (QED) is 0.784. The van der Waals surface area contributed by atoms with E-state index in [0.29, 0.717) is 30.8 Å². The molecule has 2 N–H and O–H groups in total. The summed E-state index contributed by atoms with van der Waals surface area (Å²) >= 11 is 0. The lowest BCUT2D eigenvalue weighted by molar-refractivity contribution is -0.150. The number of hydrogen-bond acceptors (Lipinski definition) is 5. The molecule has 7 nitrogen and oxygen atoms in total. The van der Waals surface area contributed by atoms with Crippen LogP contribution in [0.25, 0.3) is 0 Å². The van der Waals surface area contributed by atoms with Crippen LogP contribution in [0.15, 0.2) is 24.3 Å². The maximum absolute atomic E-state index is 12.6. The SMILES string of the molecule is CCOC(=O)CNC(=O)[C@H]1C[C@H]2CC[C@H]1C[C@]21NC(=O)c2ccccc2O1. The highest BCUT2D eigenvalue weighted by Gasteiger charge is 2.57. The molecule has 5 rings (SSSR count). The number of hydrogen-bond donors (Lipinski definition) is 2. The van der Waals surface area contributed by atoms with Crippen LogP contribution in [0.1, 0.15) is 43.0 Å². The fourth-order valence-electron chi connectivity index (χ4n) is 4.78. The van der Waals surface area contributed by atoms with Gasteiger partial charge < -0.3 is 20.1 Å². The van der Waals surface area contributed by atoms with E-state index in [1.165, 1.54) is 0 Å². The maximum Gasteiger partial charge on any atom is 0.325 e. The van der Waals surface area contributed by atoms with Crippen molar-refractivity contribution in [2.75, 3.05) is 13.2 Å². The van der Waals surface area contributed by atoms with Crippen molar-refractivity contribution < 1.29 is 23.9 Å². The lowest BCUT2D eigenvalue weighted by Crippen LogP contribution is -2.67. The molecule has 144 valence electrons. The molecule has 1 aromatic carbocycles. The van der Waals surface area contributed by atoms with Crippen LogP contribution in [-0.2, 0) is 14.3 Å². The Balaban J connectivity index is 1.46. The van der Waals surface area contributed by atoms with Crippen molar-refractivity contribution in [3.05, 3.63) is 29.8 Å². The molecule has 1 spiro atoms. The van der Waals surface area contributed by atoms with Crippen LogP contribution in [0.4, 0.5) is 0 Å². The minimum atomic E-state index is -0.730. The van der Waals surface area contributed by atoms with Gasteiger partial charge in [-0.2, -0.15) is 0 Å². The van der Waals surface area contributed by atoms with Crippen LogP contribution in [0.3, 0.4) is 0 Å². The molecule has 0 saturated heterocycles. The smallest absolute Gasteiger partial charge is 0.325 e. The average molecular weight is 372 g/mol. The standard InChI is InChI=1S/C20H24N2O5/c1-2-26-17(23)11-21-18(24)15-9-13-8-7-12(15)10-20(13)22-19(25)14-5-3-4-6-16(14)27-20/h3-6,12-13,15H,2,7-11H2,1H3,(H,21,24)(H,22,25)/t12-,13+,15-,20+/m0/s1. The van der Waals surface area contributed by atoms with Gasteiger partial charge in [-0.05, 0) is 44.2 Å². The van der Waals surface area contributed by atoms with E-state index in [1.807, 2.05) is 18.2 Å². The van der Waals surface area contributed by atoms with Crippen molar-refractivity contribution >= 4 is 17.8 Å². The van der Waals surface area contributed by atoms with Crippen LogP contribution in [0.2, 0.25) is 0 Å². The molecule has 2 bridgehead atoms. The van der Waals surface area contributed by atoms with Crippen LogP contribution in [0.5, 0.6) is 5.75 Å². The highest BCUT2D eigenvalue weighted by atomic mass is 16.5. The van der Waals surface area contributed by atoms with Gasteiger partial charge in [0, 0.05) is 18.3 Å². The number of carbonyl (C=O) groups is 3. The molecule has 0 unspecified atom stereocenters. The first-order valence-corrected chi connectivity index (χ1v) is 9.56. The monoisotopic (exact) mass is 372 g/mol. The minimum Gasteiger partial charge on any atom is -0.467 e. The Morgan fingerprint density at radius 1 is 1.33 bits per heavy atom. The molecule has 1 aromatic rings. The Morgan fingerprint density at radius 2 is 2.15 bits per heavy atom. The van der Waals surface area contributed by atoms with Crippen molar-refractivity contribution in [1.29, 1.82) is 0 Å². The van der Waals surface area contributed by atoms with Gasteiger partial charge in [0.05, 0.1) is 12.2 Å². The van der Waals surface area contributed by atoms with Gasteiger partial charge in [-0.3, -0.25) is 14.4 Å². The number of fused-ring (bicyclic) bond motifs is 3. The number of carbonyl (C=O) groups excluding carboxylic acids is 3. The van der Waals surface area contributed by atoms with Crippen LogP contribution < -0.4 is 15.4 Å². The van der Waals surface area contributed by atoms with E-state index in [9.17, 15) is 14.4 Å². The first kappa shape index (κ1) is 17.8. The molecule has 3 fully saturated rings. The summed E-state index contributed by atoms with van der Waals surface area (Å²) in [5, 5.41) is 5.77. The first-order chi connectivity index (χ1) is 13.0. The molecule has 3 saturated carbocycles. The third-order valence-electron chi connectivity index (χ3n) is 6.02. The number of amides is 2. The highest BCUT2D eigenvalue weighted by molar-refractivity contribution is 5.98. The van der Waals surface area contributed by atoms with Gasteiger partial charge in [0.25, 0.3) is 5.91 Å². The Morgan fingerprint density at radius 3 is 2.89 bits per heavy atom. The largest absolute Gasteiger partial charge is 0.467 e. The molecule has 3 aliphatic carbocycles. The topological polar surface area (TPSA) is 93.7 Å². The zero-order valence-corrected chi connectivity index (χ0v) is 15.3. The molecule has 4 aliphatic rings. The van der Waals surface area contributed by atoms with E-state index < -0.39 is 11.7 Å². The van der Waals surface area contributed by atoms with Gasteiger partial charge in [0.1, 0.15) is 12.3 Å². The number of nitrogens with one attached hydrogen (secondary N) is 2. The van der Waals surface area contributed by atoms with Crippen molar-refractivity contribution in [3.8, 4) is 5.75 Å². The first-order valence-electron chi connectivity index (χ1n) is 9.56. The number of esters is 1. The van der Waals surface area contributed by atoms with Gasteiger partial charge in [-0.25, -0.2) is 0 Å². The van der Waals surface area contributed by atoms with E-state index in [0.717, 1.165) is 12.8 Å². The van der Waals surface area contributed by atoms with Gasteiger partial charge >= 0.3 is 5.97 Å². The molecule has 0 aromatic heterocycles. The van der Waals surface area contributed by atoms with Gasteiger partial charge in [-0.1, -0.05) is 12.1 Å². The summed E-state index contributed by atoms with van der Waals surface area (Å²) in [6.07, 6.45) is 3.08. The molecule has 7 heteroatoms. The van der Waals surface area contributed by atoms with Crippen molar-refractivity contribution in [2.45, 2.75) is 38.3 Å². The average Bonchev–Trinajstić information content (AvgIpc) is 2.66. The summed E-state index contributed by atoms with van der Waals surface area (Å²) in [4.78, 5) is 36.6. The van der Waals surface area contributed by atoms with Crippen molar-refractivity contribution in [3.63, 3.8) is 0 Å². The molecular formula is C20H24N2O5. The lowest BCUT2D eigenvalue weighted by Gasteiger charge is -2.55. The minimum absolute atomic E-state index is 0.0677. The Labute approximate surface area is 157 Å². The maximum atomic E-state index is 12.6. The van der Waals surface area contributed by atoms with E-state index in [4.69, 9.17) is 9.47 Å². The Kier molecular flexibility index (Phi) is 4.53. The summed E-state index contributed by atoms with van der Waals surface area (Å²) in [6, 6.07) is 7.25. The van der Waals surface area contributed by atoms with E-state index in [1.54, 1.807) is 13.0 Å². The number of ether oxygens (including phenoxy) is 2. The normalized spacial score (nSPS) is 30.9. The van der Waals surface area contributed by atoms with Gasteiger partial charge in [0.15, 0.2) is 5.72 Å². The zero-order valence-electron chi connectivity index (χ0n) is 15.3. The summed E-state index contributed by atoms with van der Waals surface area (Å²) in [6.45, 7) is 1.92. The second kappa shape index (κ2) is 6.87. The third-order valence-corrected chi connectivity index (χ3v) is 6.02. The molecule has 4 atom stereocenters. The zero-order chi connectivity index (χ0) is 19.0. The molecule has 27 heavy (non-hydrogen) atoms. The second-order valence-corrected chi connectivity index (χ2v) is 7.55. The molecule has 0 radical (unpaired) electrons. The lowest BCUT2D eigenvalue weighted by atomic mass is 9.60. The summed E-state index contributed by atoms with van der Waals surface area (Å²) in [5.41, 5.74) is -0.181. The predicted molar refractivity (Wildman–Crippen MR) is 95.8 cm³/mol. The van der Waals surface area contributed by atoms with Crippen LogP contribution in [-0.4, -0.2) is 36.7 Å². The third kappa shape index (κ3) is 3.15. The molecule has 1 aliphatic heterocycles. The fraction of sp³-hybridized carbons (Fsp3) is 0.550. The van der Waals surface area contributed by atoms with E-state index >= 15 is 0 Å². The van der Waals surface area contributed by atoms with Crippen molar-refractivity contribution in [1.82, 2.24) is 10.6 Å². The highest BCUT2D eigenvalue weighted by Crippen LogP contribution is 2.52. The van der Waals surface area contributed by atoms with Gasteiger partial charge in [0.2, 0.25) is 5.91 Å².